The van der Waals surface area contributed by atoms with Crippen molar-refractivity contribution in [3.05, 3.63) is 17.7 Å². The summed E-state index contributed by atoms with van der Waals surface area (Å²) in [7, 11) is 0. The van der Waals surface area contributed by atoms with Crippen LogP contribution in [0.25, 0.3) is 0 Å². The molecule has 144 valence electrons. The van der Waals surface area contributed by atoms with Crippen molar-refractivity contribution in [2.24, 2.45) is 0 Å². The minimum absolute atomic E-state index is 0.0443. The Morgan fingerprint density at radius 1 is 1.23 bits per heavy atom. The van der Waals surface area contributed by atoms with Gasteiger partial charge in [-0.05, 0) is 45.7 Å². The van der Waals surface area contributed by atoms with E-state index in [4.69, 9.17) is 10.5 Å². The van der Waals surface area contributed by atoms with Gasteiger partial charge in [0.2, 0.25) is 0 Å². The van der Waals surface area contributed by atoms with Gasteiger partial charge in [0.25, 0.3) is 0 Å². The Kier molecular flexibility index (Phi) is 4.83. The topological polar surface area (TPSA) is 55.6 Å². The summed E-state index contributed by atoms with van der Waals surface area (Å²) in [6.45, 7) is 5.29. The van der Waals surface area contributed by atoms with E-state index in [1.54, 1.807) is 20.8 Å². The molecule has 1 aliphatic carbocycles. The van der Waals surface area contributed by atoms with Crippen molar-refractivity contribution in [1.82, 2.24) is 0 Å². The zero-order chi connectivity index (χ0) is 19.3. The molecule has 0 aromatic heterocycles. The summed E-state index contributed by atoms with van der Waals surface area (Å²) < 4.78 is 45.1. The Labute approximate surface area is 155 Å². The Hall–Kier alpha value is -1.57. The SMILES string of the molecule is CC(C)(C)OC(=O)N1c2c(N)cc(C(F)(F)F)cc2SC2CCCCC21. The molecule has 1 heterocycles. The number of halogens is 3. The Morgan fingerprint density at radius 3 is 2.50 bits per heavy atom. The average molecular weight is 388 g/mol. The zero-order valence-electron chi connectivity index (χ0n) is 15.0. The average Bonchev–Trinajstić information content (AvgIpc) is 2.50. The summed E-state index contributed by atoms with van der Waals surface area (Å²) in [6, 6.07) is 1.88. The quantitative estimate of drug-likeness (QED) is 0.601. The second-order valence-corrected chi connectivity index (χ2v) is 9.05. The van der Waals surface area contributed by atoms with Crippen molar-refractivity contribution in [2.75, 3.05) is 10.6 Å². The maximum atomic E-state index is 13.2. The summed E-state index contributed by atoms with van der Waals surface area (Å²) in [5.41, 5.74) is 4.80. The molecule has 0 spiro atoms. The number of anilines is 2. The lowest BCUT2D eigenvalue weighted by atomic mass is 9.92. The molecule has 1 aliphatic heterocycles. The number of ether oxygens (including phenoxy) is 1. The number of nitrogen functional groups attached to an aromatic ring is 1. The molecule has 0 radical (unpaired) electrons. The predicted octanol–water partition coefficient (Wildman–Crippen LogP) is 5.45. The van der Waals surface area contributed by atoms with Crippen LogP contribution in [-0.2, 0) is 10.9 Å². The zero-order valence-corrected chi connectivity index (χ0v) is 15.8. The third-order valence-corrected chi connectivity index (χ3v) is 5.96. The molecule has 1 aromatic carbocycles. The van der Waals surface area contributed by atoms with Gasteiger partial charge in [-0.2, -0.15) is 13.2 Å². The second kappa shape index (κ2) is 6.55. The number of thioether (sulfide) groups is 1. The first-order chi connectivity index (χ1) is 12.0. The van der Waals surface area contributed by atoms with Crippen molar-refractivity contribution < 1.29 is 22.7 Å². The number of carbonyl (C=O) groups excluding carboxylic acids is 1. The third-order valence-electron chi connectivity index (χ3n) is 4.54. The minimum Gasteiger partial charge on any atom is -0.443 e. The summed E-state index contributed by atoms with van der Waals surface area (Å²) in [5.74, 6) is 0. The summed E-state index contributed by atoms with van der Waals surface area (Å²) >= 11 is 1.40. The number of nitrogens with two attached hydrogens (primary N) is 1. The van der Waals surface area contributed by atoms with Crippen molar-refractivity contribution in [2.45, 2.75) is 74.4 Å². The normalized spacial score (nSPS) is 23.2. The van der Waals surface area contributed by atoms with Gasteiger partial charge in [0.1, 0.15) is 5.60 Å². The van der Waals surface area contributed by atoms with Crippen LogP contribution in [0.1, 0.15) is 52.0 Å². The first kappa shape index (κ1) is 19.2. The number of alkyl halides is 3. The van der Waals surface area contributed by atoms with Gasteiger partial charge in [0, 0.05) is 10.1 Å². The molecule has 1 saturated carbocycles. The maximum absolute atomic E-state index is 13.2. The van der Waals surface area contributed by atoms with Gasteiger partial charge in [-0.3, -0.25) is 4.90 Å². The largest absolute Gasteiger partial charge is 0.443 e. The highest BCUT2D eigenvalue weighted by Crippen LogP contribution is 2.51. The number of hydrogen-bond acceptors (Lipinski definition) is 4. The molecule has 2 unspecified atom stereocenters. The molecule has 1 aromatic rings. The standard InChI is InChI=1S/C18H23F3N2O2S/c1-17(2,3)25-16(24)23-12-6-4-5-7-13(12)26-14-9-10(18(19,20)21)8-11(22)15(14)23/h8-9,12-13H,4-7,22H2,1-3H3. The van der Waals surface area contributed by atoms with E-state index < -0.39 is 23.4 Å². The number of nitrogens with zero attached hydrogens (tertiary/aromatic N) is 1. The molecule has 0 bridgehead atoms. The van der Waals surface area contributed by atoms with E-state index in [0.29, 0.717) is 10.6 Å². The van der Waals surface area contributed by atoms with Crippen LogP contribution in [0.3, 0.4) is 0 Å². The Bertz CT molecular complexity index is 716. The number of amides is 1. The minimum atomic E-state index is -4.48. The van der Waals surface area contributed by atoms with Gasteiger partial charge < -0.3 is 10.5 Å². The lowest BCUT2D eigenvalue weighted by molar-refractivity contribution is -0.137. The van der Waals surface area contributed by atoms with E-state index in [-0.39, 0.29) is 17.0 Å². The van der Waals surface area contributed by atoms with Crippen molar-refractivity contribution in [3.8, 4) is 0 Å². The van der Waals surface area contributed by atoms with Crippen molar-refractivity contribution in [3.63, 3.8) is 0 Å². The highest BCUT2D eigenvalue weighted by molar-refractivity contribution is 8.00. The molecule has 8 heteroatoms. The van der Waals surface area contributed by atoms with Crippen LogP contribution >= 0.6 is 11.8 Å². The van der Waals surface area contributed by atoms with Crippen LogP contribution in [0.5, 0.6) is 0 Å². The lowest BCUT2D eigenvalue weighted by Crippen LogP contribution is -2.51. The van der Waals surface area contributed by atoms with Gasteiger partial charge in [-0.15, -0.1) is 11.8 Å². The molecule has 26 heavy (non-hydrogen) atoms. The van der Waals surface area contributed by atoms with Gasteiger partial charge in [-0.1, -0.05) is 12.8 Å². The lowest BCUT2D eigenvalue weighted by Gasteiger charge is -2.44. The van der Waals surface area contributed by atoms with Crippen LogP contribution < -0.4 is 10.6 Å². The van der Waals surface area contributed by atoms with Crippen LogP contribution in [-0.4, -0.2) is 23.0 Å². The smallest absolute Gasteiger partial charge is 0.416 e. The molecule has 3 rings (SSSR count). The molecular formula is C18H23F3N2O2S. The molecule has 1 fully saturated rings. The molecule has 4 nitrogen and oxygen atoms in total. The number of rotatable bonds is 0. The maximum Gasteiger partial charge on any atom is 0.416 e. The van der Waals surface area contributed by atoms with E-state index in [9.17, 15) is 18.0 Å². The third kappa shape index (κ3) is 3.75. The van der Waals surface area contributed by atoms with E-state index in [1.165, 1.54) is 16.7 Å². The number of fused-ring (bicyclic) bond motifs is 2. The predicted molar refractivity (Wildman–Crippen MR) is 96.5 cm³/mol. The first-order valence-corrected chi connectivity index (χ1v) is 9.55. The van der Waals surface area contributed by atoms with Crippen LogP contribution in [0.2, 0.25) is 0 Å². The highest BCUT2D eigenvalue weighted by Gasteiger charge is 2.43. The van der Waals surface area contributed by atoms with E-state index in [0.717, 1.165) is 37.8 Å². The number of hydrogen-bond donors (Lipinski definition) is 1. The van der Waals surface area contributed by atoms with Crippen LogP contribution in [0.4, 0.5) is 29.3 Å². The molecule has 2 aliphatic rings. The van der Waals surface area contributed by atoms with E-state index >= 15 is 0 Å². The van der Waals surface area contributed by atoms with Gasteiger partial charge in [-0.25, -0.2) is 4.79 Å². The van der Waals surface area contributed by atoms with Crippen LogP contribution in [0, 0.1) is 0 Å². The van der Waals surface area contributed by atoms with Crippen molar-refractivity contribution in [1.29, 1.82) is 0 Å². The van der Waals surface area contributed by atoms with Crippen molar-refractivity contribution >= 4 is 29.2 Å². The highest BCUT2D eigenvalue weighted by atomic mass is 32.2. The fourth-order valence-corrected chi connectivity index (χ4v) is 5.07. The van der Waals surface area contributed by atoms with Gasteiger partial charge >= 0.3 is 12.3 Å². The van der Waals surface area contributed by atoms with Gasteiger partial charge in [0.15, 0.2) is 0 Å². The molecule has 2 N–H and O–H groups in total. The molecular weight excluding hydrogens is 365 g/mol. The Balaban J connectivity index is 2.09. The van der Waals surface area contributed by atoms with Crippen LogP contribution in [0.15, 0.2) is 17.0 Å². The summed E-state index contributed by atoms with van der Waals surface area (Å²) in [6.07, 6.45) is -1.43. The Morgan fingerprint density at radius 2 is 1.88 bits per heavy atom. The number of benzene rings is 1. The molecule has 1 amide bonds. The van der Waals surface area contributed by atoms with E-state index in [2.05, 4.69) is 0 Å². The fourth-order valence-electron chi connectivity index (χ4n) is 3.52. The molecule has 0 saturated heterocycles. The monoisotopic (exact) mass is 388 g/mol. The second-order valence-electron chi connectivity index (χ2n) is 7.77. The number of carbonyl (C=O) groups is 1. The summed E-state index contributed by atoms with van der Waals surface area (Å²) in [5, 5.41) is 0.0478. The first-order valence-electron chi connectivity index (χ1n) is 8.67. The fraction of sp³-hybridized carbons (Fsp3) is 0.611. The van der Waals surface area contributed by atoms with E-state index in [1.807, 2.05) is 0 Å². The summed E-state index contributed by atoms with van der Waals surface area (Å²) in [4.78, 5) is 14.8. The van der Waals surface area contributed by atoms with Gasteiger partial charge in [0.05, 0.1) is 23.0 Å². The molecule has 2 atom stereocenters.